The zero-order chi connectivity index (χ0) is 22.7. The standard InChI is InChI=1S/C21H20Cl2N4O4S/c22-15-7-9-16(10-8-15)32(29,30)27-11-3-4-14(13-27)21(28)24-12-19-25-20(26-31-19)17-5-1-2-6-18(17)23/h1-2,5-10,14H,3-4,11-13H2,(H,24,28)/t14-/m0/s1. The summed E-state index contributed by atoms with van der Waals surface area (Å²) in [7, 11) is -3.70. The smallest absolute Gasteiger partial charge is 0.246 e. The molecule has 0 saturated carbocycles. The number of rotatable bonds is 6. The summed E-state index contributed by atoms with van der Waals surface area (Å²) in [4.78, 5) is 17.1. The second-order valence-electron chi connectivity index (χ2n) is 7.37. The van der Waals surface area contributed by atoms with Crippen molar-refractivity contribution in [3.05, 3.63) is 64.5 Å². The first-order valence-electron chi connectivity index (χ1n) is 9.95. The third kappa shape index (κ3) is 4.96. The van der Waals surface area contributed by atoms with E-state index in [1.54, 1.807) is 18.2 Å². The lowest BCUT2D eigenvalue weighted by Gasteiger charge is -2.31. The highest BCUT2D eigenvalue weighted by Crippen LogP contribution is 2.26. The average molecular weight is 495 g/mol. The highest BCUT2D eigenvalue weighted by molar-refractivity contribution is 7.89. The SMILES string of the molecule is O=C(NCc1nc(-c2ccccc2Cl)no1)[C@H]1CCCN(S(=O)(=O)c2ccc(Cl)cc2)C1. The van der Waals surface area contributed by atoms with E-state index >= 15 is 0 Å². The zero-order valence-electron chi connectivity index (χ0n) is 16.9. The molecule has 0 radical (unpaired) electrons. The highest BCUT2D eigenvalue weighted by atomic mass is 35.5. The fourth-order valence-electron chi connectivity index (χ4n) is 3.52. The van der Waals surface area contributed by atoms with Crippen molar-refractivity contribution in [2.45, 2.75) is 24.3 Å². The van der Waals surface area contributed by atoms with Crippen molar-refractivity contribution in [3.8, 4) is 11.4 Å². The second-order valence-corrected chi connectivity index (χ2v) is 10.1. The Kier molecular flexibility index (Phi) is 6.80. The third-order valence-electron chi connectivity index (χ3n) is 5.20. The summed E-state index contributed by atoms with van der Waals surface area (Å²) >= 11 is 12.0. The van der Waals surface area contributed by atoms with Crippen molar-refractivity contribution >= 4 is 39.1 Å². The van der Waals surface area contributed by atoms with Crippen molar-refractivity contribution < 1.29 is 17.7 Å². The van der Waals surface area contributed by atoms with Gasteiger partial charge in [-0.15, -0.1) is 0 Å². The Morgan fingerprint density at radius 1 is 1.16 bits per heavy atom. The fraction of sp³-hybridized carbons (Fsp3) is 0.286. The summed E-state index contributed by atoms with van der Waals surface area (Å²) in [6.07, 6.45) is 1.18. The van der Waals surface area contributed by atoms with Gasteiger partial charge < -0.3 is 9.84 Å². The van der Waals surface area contributed by atoms with Crippen LogP contribution >= 0.6 is 23.2 Å². The number of hydrogen-bond donors (Lipinski definition) is 1. The van der Waals surface area contributed by atoms with Crippen molar-refractivity contribution in [1.82, 2.24) is 19.8 Å². The predicted octanol–water partition coefficient (Wildman–Crippen LogP) is 3.76. The van der Waals surface area contributed by atoms with E-state index < -0.39 is 15.9 Å². The summed E-state index contributed by atoms with van der Waals surface area (Å²) in [5, 5.41) is 7.61. The summed E-state index contributed by atoms with van der Waals surface area (Å²) in [6.45, 7) is 0.502. The van der Waals surface area contributed by atoms with Gasteiger partial charge in [-0.05, 0) is 49.2 Å². The largest absolute Gasteiger partial charge is 0.347 e. The van der Waals surface area contributed by atoms with Crippen molar-refractivity contribution in [2.75, 3.05) is 13.1 Å². The molecule has 1 amide bonds. The number of halogens is 2. The number of sulfonamides is 1. The maximum absolute atomic E-state index is 12.9. The van der Waals surface area contributed by atoms with E-state index in [1.165, 1.54) is 28.6 Å². The molecule has 11 heteroatoms. The van der Waals surface area contributed by atoms with Crippen LogP contribution in [-0.2, 0) is 21.4 Å². The average Bonchev–Trinajstić information content (AvgIpc) is 3.27. The Labute approximate surface area is 195 Å². The second kappa shape index (κ2) is 9.58. The molecule has 1 N–H and O–H groups in total. The van der Waals surface area contributed by atoms with Crippen molar-refractivity contribution in [1.29, 1.82) is 0 Å². The van der Waals surface area contributed by atoms with Crippen LogP contribution in [0.25, 0.3) is 11.4 Å². The molecule has 1 aromatic heterocycles. The number of piperidine rings is 1. The normalized spacial score (nSPS) is 17.2. The minimum Gasteiger partial charge on any atom is -0.347 e. The van der Waals surface area contributed by atoms with Gasteiger partial charge in [0.05, 0.1) is 22.4 Å². The Morgan fingerprint density at radius 2 is 1.91 bits per heavy atom. The molecule has 3 aromatic rings. The molecule has 1 saturated heterocycles. The Morgan fingerprint density at radius 3 is 2.66 bits per heavy atom. The number of nitrogens with zero attached hydrogens (tertiary/aromatic N) is 3. The van der Waals surface area contributed by atoms with Crippen LogP contribution < -0.4 is 5.32 Å². The number of hydrogen-bond acceptors (Lipinski definition) is 6. The Bertz CT molecular complexity index is 1210. The molecule has 1 aliphatic heterocycles. The highest BCUT2D eigenvalue weighted by Gasteiger charge is 2.33. The van der Waals surface area contributed by atoms with Crippen LogP contribution in [0.5, 0.6) is 0 Å². The number of carbonyl (C=O) groups is 1. The van der Waals surface area contributed by atoms with E-state index in [-0.39, 0.29) is 29.8 Å². The number of aromatic nitrogens is 2. The van der Waals surface area contributed by atoms with Gasteiger partial charge in [0, 0.05) is 23.7 Å². The maximum atomic E-state index is 12.9. The van der Waals surface area contributed by atoms with E-state index in [1.807, 2.05) is 6.07 Å². The van der Waals surface area contributed by atoms with Crippen molar-refractivity contribution in [3.63, 3.8) is 0 Å². The lowest BCUT2D eigenvalue weighted by molar-refractivity contribution is -0.126. The third-order valence-corrected chi connectivity index (χ3v) is 7.66. The fourth-order valence-corrected chi connectivity index (χ4v) is 5.39. The van der Waals surface area contributed by atoms with Gasteiger partial charge in [-0.2, -0.15) is 9.29 Å². The minimum absolute atomic E-state index is 0.0384. The van der Waals surface area contributed by atoms with E-state index in [2.05, 4.69) is 15.5 Å². The van der Waals surface area contributed by atoms with Crippen LogP contribution in [0, 0.1) is 5.92 Å². The number of carbonyl (C=O) groups excluding carboxylic acids is 1. The molecule has 1 aliphatic rings. The molecule has 168 valence electrons. The van der Waals surface area contributed by atoms with Crippen LogP contribution in [0.3, 0.4) is 0 Å². The molecule has 0 aliphatic carbocycles. The number of amides is 1. The number of nitrogens with one attached hydrogen (secondary N) is 1. The van der Waals surface area contributed by atoms with E-state index in [4.69, 9.17) is 27.7 Å². The van der Waals surface area contributed by atoms with Crippen LogP contribution in [0.15, 0.2) is 57.9 Å². The molecule has 2 aromatic carbocycles. The Hall–Kier alpha value is -2.46. The molecule has 32 heavy (non-hydrogen) atoms. The molecule has 1 fully saturated rings. The van der Waals surface area contributed by atoms with Crippen LogP contribution in [-0.4, -0.2) is 41.9 Å². The van der Waals surface area contributed by atoms with Crippen molar-refractivity contribution in [2.24, 2.45) is 5.92 Å². The lowest BCUT2D eigenvalue weighted by atomic mass is 9.99. The first-order chi connectivity index (χ1) is 15.3. The van der Waals surface area contributed by atoms with E-state index in [0.29, 0.717) is 40.8 Å². The summed E-state index contributed by atoms with van der Waals surface area (Å²) < 4.78 is 32.4. The van der Waals surface area contributed by atoms with Gasteiger partial charge in [-0.3, -0.25) is 4.79 Å². The summed E-state index contributed by atoms with van der Waals surface area (Å²) in [5.41, 5.74) is 0.630. The quantitative estimate of drug-likeness (QED) is 0.559. The monoisotopic (exact) mass is 494 g/mol. The summed E-state index contributed by atoms with van der Waals surface area (Å²) in [6, 6.07) is 13.1. The molecule has 0 unspecified atom stereocenters. The van der Waals surface area contributed by atoms with Gasteiger partial charge in [0.2, 0.25) is 27.6 Å². The molecule has 0 bridgehead atoms. The van der Waals surface area contributed by atoms with E-state index in [9.17, 15) is 13.2 Å². The molecular formula is C21H20Cl2N4O4S. The van der Waals surface area contributed by atoms with Crippen LogP contribution in [0.4, 0.5) is 0 Å². The minimum atomic E-state index is -3.70. The maximum Gasteiger partial charge on any atom is 0.246 e. The molecule has 4 rings (SSSR count). The molecule has 1 atom stereocenters. The van der Waals surface area contributed by atoms with Gasteiger partial charge in [0.1, 0.15) is 0 Å². The Balaban J connectivity index is 1.38. The summed E-state index contributed by atoms with van der Waals surface area (Å²) in [5.74, 6) is -0.178. The van der Waals surface area contributed by atoms with Gasteiger partial charge in [0.15, 0.2) is 0 Å². The topological polar surface area (TPSA) is 105 Å². The zero-order valence-corrected chi connectivity index (χ0v) is 19.2. The molecule has 0 spiro atoms. The molecule has 2 heterocycles. The van der Waals surface area contributed by atoms with Gasteiger partial charge in [0.25, 0.3) is 0 Å². The van der Waals surface area contributed by atoms with Gasteiger partial charge in [-0.1, -0.05) is 40.5 Å². The van der Waals surface area contributed by atoms with Gasteiger partial charge in [-0.25, -0.2) is 8.42 Å². The molecule has 8 nitrogen and oxygen atoms in total. The van der Waals surface area contributed by atoms with Crippen LogP contribution in [0.1, 0.15) is 18.7 Å². The van der Waals surface area contributed by atoms with Gasteiger partial charge >= 0.3 is 0 Å². The molecular weight excluding hydrogens is 475 g/mol. The predicted molar refractivity (Wildman–Crippen MR) is 120 cm³/mol. The number of benzene rings is 2. The van der Waals surface area contributed by atoms with Crippen LogP contribution in [0.2, 0.25) is 10.0 Å². The lowest BCUT2D eigenvalue weighted by Crippen LogP contribution is -2.45. The van der Waals surface area contributed by atoms with E-state index in [0.717, 1.165) is 0 Å². The first kappa shape index (κ1) is 22.7. The first-order valence-corrected chi connectivity index (χ1v) is 12.1.